The van der Waals surface area contributed by atoms with Crippen LogP contribution in [0.2, 0.25) is 0 Å². The van der Waals surface area contributed by atoms with E-state index < -0.39 is 15.5 Å². The quantitative estimate of drug-likeness (QED) is 0.503. The van der Waals surface area contributed by atoms with Gasteiger partial charge in [0, 0.05) is 50.0 Å². The maximum atomic E-state index is 13.5. The number of hydrogen-bond donors (Lipinski definition) is 0. The van der Waals surface area contributed by atoms with Crippen LogP contribution in [0.3, 0.4) is 0 Å². The predicted octanol–water partition coefficient (Wildman–Crippen LogP) is 3.08. The molecule has 3 aliphatic heterocycles. The Morgan fingerprint density at radius 3 is 2.33 bits per heavy atom. The number of thiazole rings is 1. The maximum absolute atomic E-state index is 13.5. The van der Waals surface area contributed by atoms with Crippen molar-refractivity contribution in [3.63, 3.8) is 0 Å². The van der Waals surface area contributed by atoms with E-state index in [0.29, 0.717) is 35.3 Å². The molecule has 0 spiro atoms. The summed E-state index contributed by atoms with van der Waals surface area (Å²) in [5.74, 6) is 0.818. The molecular weight excluding hydrogens is 496 g/mol. The minimum absolute atomic E-state index is 0.201. The van der Waals surface area contributed by atoms with E-state index in [1.807, 2.05) is 11.4 Å². The van der Waals surface area contributed by atoms with E-state index in [0.717, 1.165) is 51.0 Å². The maximum Gasteiger partial charge on any atom is 0.248 e. The lowest BCUT2D eigenvalue weighted by atomic mass is 10.0. The standard InChI is InChI=1S/C25H32N6O3S2/c32-23-20-6-7-22(29-15-8-19(9-16-29)28-11-4-5-12-28)27-24(20)31(25-26-10-17-35-25)18-21(23)36(33,34)30-13-2-1-3-14-30/h6-7,10,17-19H,1-5,8-9,11-16H2. The molecule has 0 saturated carbocycles. The van der Waals surface area contributed by atoms with Crippen molar-refractivity contribution in [2.24, 2.45) is 0 Å². The molecule has 192 valence electrons. The summed E-state index contributed by atoms with van der Waals surface area (Å²) in [5.41, 5.74) is -0.0399. The first-order valence-electron chi connectivity index (χ1n) is 13.0. The number of nitrogens with zero attached hydrogens (tertiary/aromatic N) is 6. The zero-order chi connectivity index (χ0) is 24.7. The van der Waals surface area contributed by atoms with Gasteiger partial charge in [0.15, 0.2) is 10.8 Å². The van der Waals surface area contributed by atoms with Crippen molar-refractivity contribution in [1.82, 2.24) is 23.7 Å². The molecule has 0 bridgehead atoms. The molecule has 0 aromatic carbocycles. The van der Waals surface area contributed by atoms with E-state index >= 15 is 0 Å². The van der Waals surface area contributed by atoms with E-state index in [-0.39, 0.29) is 4.90 Å². The normalized spacial score (nSPS) is 20.9. The van der Waals surface area contributed by atoms with E-state index in [1.54, 1.807) is 16.8 Å². The summed E-state index contributed by atoms with van der Waals surface area (Å²) in [6, 6.07) is 4.25. The highest BCUT2D eigenvalue weighted by atomic mass is 32.2. The van der Waals surface area contributed by atoms with Crippen LogP contribution >= 0.6 is 11.3 Å². The number of hydrogen-bond acceptors (Lipinski definition) is 8. The van der Waals surface area contributed by atoms with Gasteiger partial charge >= 0.3 is 0 Å². The van der Waals surface area contributed by atoms with E-state index in [2.05, 4.69) is 14.8 Å². The van der Waals surface area contributed by atoms with Gasteiger partial charge in [-0.2, -0.15) is 4.31 Å². The molecule has 0 atom stereocenters. The molecule has 3 aliphatic rings. The molecule has 3 saturated heterocycles. The van der Waals surface area contributed by atoms with Gasteiger partial charge in [0.2, 0.25) is 15.5 Å². The first-order chi connectivity index (χ1) is 17.5. The molecule has 3 aromatic heterocycles. The summed E-state index contributed by atoms with van der Waals surface area (Å²) >= 11 is 1.39. The number of anilines is 1. The van der Waals surface area contributed by atoms with Gasteiger partial charge in [0.1, 0.15) is 10.7 Å². The molecule has 0 N–H and O–H groups in total. The van der Waals surface area contributed by atoms with Crippen molar-refractivity contribution in [1.29, 1.82) is 0 Å². The van der Waals surface area contributed by atoms with Crippen LogP contribution in [0.5, 0.6) is 0 Å². The lowest BCUT2D eigenvalue weighted by Gasteiger charge is -2.37. The third-order valence-electron chi connectivity index (χ3n) is 7.81. The SMILES string of the molecule is O=c1c(S(=O)(=O)N2CCCCC2)cn(-c2nccs2)c2nc(N3CCC(N4CCCC4)CC3)ccc12. The Morgan fingerprint density at radius 1 is 0.917 bits per heavy atom. The molecule has 0 unspecified atom stereocenters. The minimum atomic E-state index is -3.91. The zero-order valence-corrected chi connectivity index (χ0v) is 22.0. The molecule has 3 aromatic rings. The molecule has 6 rings (SSSR count). The first-order valence-corrected chi connectivity index (χ1v) is 15.3. The van der Waals surface area contributed by atoms with Gasteiger partial charge in [0.05, 0.1) is 5.39 Å². The second-order valence-corrected chi connectivity index (χ2v) is 12.8. The van der Waals surface area contributed by atoms with Crippen molar-refractivity contribution in [3.05, 3.63) is 40.1 Å². The minimum Gasteiger partial charge on any atom is -0.356 e. The topological polar surface area (TPSA) is 91.6 Å². The molecule has 0 aliphatic carbocycles. The van der Waals surface area contributed by atoms with Gasteiger partial charge in [-0.3, -0.25) is 9.36 Å². The highest BCUT2D eigenvalue weighted by molar-refractivity contribution is 7.89. The van der Waals surface area contributed by atoms with Crippen molar-refractivity contribution in [2.45, 2.75) is 55.9 Å². The van der Waals surface area contributed by atoms with Crippen LogP contribution in [0, 0.1) is 0 Å². The molecule has 0 radical (unpaired) electrons. The van der Waals surface area contributed by atoms with Crippen molar-refractivity contribution < 1.29 is 8.42 Å². The number of fused-ring (bicyclic) bond motifs is 1. The monoisotopic (exact) mass is 528 g/mol. The Hall–Kier alpha value is -2.34. The second kappa shape index (κ2) is 9.85. The fourth-order valence-electron chi connectivity index (χ4n) is 5.82. The van der Waals surface area contributed by atoms with Crippen molar-refractivity contribution in [3.8, 4) is 5.13 Å². The summed E-state index contributed by atoms with van der Waals surface area (Å²) in [4.78, 5) is 27.5. The Morgan fingerprint density at radius 2 is 1.64 bits per heavy atom. The van der Waals surface area contributed by atoms with Crippen LogP contribution in [0.25, 0.3) is 16.2 Å². The first kappa shape index (κ1) is 24.0. The summed E-state index contributed by atoms with van der Waals surface area (Å²) in [7, 11) is -3.91. The summed E-state index contributed by atoms with van der Waals surface area (Å²) in [6.45, 7) is 5.15. The van der Waals surface area contributed by atoms with Gasteiger partial charge in [-0.15, -0.1) is 11.3 Å². The third kappa shape index (κ3) is 4.36. The molecule has 6 heterocycles. The predicted molar refractivity (Wildman–Crippen MR) is 142 cm³/mol. The summed E-state index contributed by atoms with van der Waals surface area (Å²) in [6.07, 6.45) is 10.6. The van der Waals surface area contributed by atoms with E-state index in [4.69, 9.17) is 4.98 Å². The lowest BCUT2D eigenvalue weighted by Crippen LogP contribution is -2.44. The third-order valence-corrected chi connectivity index (χ3v) is 10.5. The van der Waals surface area contributed by atoms with Crippen LogP contribution in [0.15, 0.2) is 39.6 Å². The van der Waals surface area contributed by atoms with E-state index in [1.165, 1.54) is 47.8 Å². The summed E-state index contributed by atoms with van der Waals surface area (Å²) < 4.78 is 30.1. The fourth-order valence-corrected chi connectivity index (χ4v) is 8.04. The van der Waals surface area contributed by atoms with Gasteiger partial charge in [-0.25, -0.2) is 18.4 Å². The number of pyridine rings is 2. The second-order valence-electron chi connectivity index (χ2n) is 9.97. The highest BCUT2D eigenvalue weighted by Crippen LogP contribution is 2.28. The molecule has 0 amide bonds. The number of aromatic nitrogens is 3. The van der Waals surface area contributed by atoms with Crippen LogP contribution in [0.4, 0.5) is 5.82 Å². The Bertz CT molecular complexity index is 1390. The molecule has 9 nitrogen and oxygen atoms in total. The Kier molecular flexibility index (Phi) is 6.57. The smallest absolute Gasteiger partial charge is 0.248 e. The molecule has 3 fully saturated rings. The summed E-state index contributed by atoms with van der Waals surface area (Å²) in [5, 5.41) is 2.73. The number of sulfonamides is 1. The number of rotatable bonds is 5. The van der Waals surface area contributed by atoms with Crippen LogP contribution in [0.1, 0.15) is 44.9 Å². The van der Waals surface area contributed by atoms with Crippen LogP contribution in [-0.4, -0.2) is 77.5 Å². The highest BCUT2D eigenvalue weighted by Gasteiger charge is 2.31. The number of likely N-dealkylation sites (tertiary alicyclic amines) is 1. The van der Waals surface area contributed by atoms with E-state index in [9.17, 15) is 13.2 Å². The largest absolute Gasteiger partial charge is 0.356 e. The van der Waals surface area contributed by atoms with Crippen LogP contribution in [-0.2, 0) is 10.0 Å². The molecule has 36 heavy (non-hydrogen) atoms. The average molecular weight is 529 g/mol. The molecule has 11 heteroatoms. The average Bonchev–Trinajstić information content (AvgIpc) is 3.64. The lowest BCUT2D eigenvalue weighted by molar-refractivity contribution is 0.207. The van der Waals surface area contributed by atoms with Gasteiger partial charge in [0.25, 0.3) is 0 Å². The fraction of sp³-hybridized carbons (Fsp3) is 0.560. The van der Waals surface area contributed by atoms with Gasteiger partial charge < -0.3 is 9.80 Å². The molecular formula is C25H32N6O3S2. The van der Waals surface area contributed by atoms with Gasteiger partial charge in [-0.1, -0.05) is 6.42 Å². The van der Waals surface area contributed by atoms with Crippen molar-refractivity contribution >= 4 is 38.2 Å². The Balaban J connectivity index is 1.38. The zero-order valence-electron chi connectivity index (χ0n) is 20.4. The van der Waals surface area contributed by atoms with Crippen LogP contribution < -0.4 is 10.3 Å². The Labute approximate surface area is 215 Å². The van der Waals surface area contributed by atoms with Crippen molar-refractivity contribution in [2.75, 3.05) is 44.2 Å². The number of piperidine rings is 2. The van der Waals surface area contributed by atoms with Gasteiger partial charge in [-0.05, 0) is 63.7 Å².